The van der Waals surface area contributed by atoms with Crippen molar-refractivity contribution >= 4 is 11.9 Å². The summed E-state index contributed by atoms with van der Waals surface area (Å²) in [7, 11) is 0. The molecule has 0 saturated heterocycles. The van der Waals surface area contributed by atoms with E-state index >= 15 is 0 Å². The summed E-state index contributed by atoms with van der Waals surface area (Å²) in [5, 5.41) is 24.3. The van der Waals surface area contributed by atoms with Crippen molar-refractivity contribution in [2.24, 2.45) is 34.0 Å². The Balaban J connectivity index is 1.49. The van der Waals surface area contributed by atoms with Gasteiger partial charge in [0.05, 0.1) is 11.7 Å². The molecule has 4 fully saturated rings. The second-order valence-electron chi connectivity index (χ2n) is 13.9. The highest BCUT2D eigenvalue weighted by Crippen LogP contribution is 2.68. The lowest BCUT2D eigenvalue weighted by Crippen LogP contribution is -2.72. The van der Waals surface area contributed by atoms with Gasteiger partial charge >= 0.3 is 11.9 Å². The normalized spacial score (nSPS) is 43.8. The van der Waals surface area contributed by atoms with Gasteiger partial charge in [0.25, 0.3) is 0 Å². The minimum Gasteiger partial charge on any atom is -0.462 e. The number of hydrogen-bond donors (Lipinski definition) is 2. The number of aliphatic hydroxyl groups is 2. The van der Waals surface area contributed by atoms with Gasteiger partial charge in [0.2, 0.25) is 0 Å². The Morgan fingerprint density at radius 2 is 1.78 bits per heavy atom. The molecule has 0 aromatic carbocycles. The molecular formula is C31H48O6. The van der Waals surface area contributed by atoms with E-state index in [-0.39, 0.29) is 41.9 Å². The Labute approximate surface area is 222 Å². The van der Waals surface area contributed by atoms with Crippen molar-refractivity contribution < 1.29 is 29.3 Å². The summed E-state index contributed by atoms with van der Waals surface area (Å²) in [6.45, 7) is 8.23. The zero-order chi connectivity index (χ0) is 26.6. The molecule has 208 valence electrons. The van der Waals surface area contributed by atoms with E-state index in [2.05, 4.69) is 13.8 Å². The standard InChI is InChI=1S/C31H48O6/c1-20-17-24(37-21(2)32)27-28(3,23-8-14-30(15-9-23)11-5-6-12-30)13-10-25(33)29(27,4)31(20,35)16-7-22-18-26(34)36-19-22/h18,20,23-25,27,33,35H,5-17,19H2,1-4H3/t20-,24-,25+,27+,28+,29+,31-/m1/s1. The molecular weight excluding hydrogens is 468 g/mol. The molecule has 1 heterocycles. The van der Waals surface area contributed by atoms with Gasteiger partial charge in [-0.15, -0.1) is 0 Å². The number of hydrogen-bond acceptors (Lipinski definition) is 6. The molecule has 0 aromatic rings. The van der Waals surface area contributed by atoms with Crippen LogP contribution in [0.25, 0.3) is 0 Å². The molecule has 2 N–H and O–H groups in total. The molecule has 0 unspecified atom stereocenters. The maximum atomic E-state index is 12.6. The van der Waals surface area contributed by atoms with E-state index in [9.17, 15) is 19.8 Å². The molecule has 0 amide bonds. The van der Waals surface area contributed by atoms with E-state index in [4.69, 9.17) is 9.47 Å². The van der Waals surface area contributed by atoms with Crippen molar-refractivity contribution in [1.82, 2.24) is 0 Å². The summed E-state index contributed by atoms with van der Waals surface area (Å²) in [6.07, 6.45) is 14.1. The summed E-state index contributed by atoms with van der Waals surface area (Å²) >= 11 is 0. The van der Waals surface area contributed by atoms with Crippen LogP contribution in [0.2, 0.25) is 0 Å². The van der Waals surface area contributed by atoms with Crippen LogP contribution in [0.15, 0.2) is 11.6 Å². The van der Waals surface area contributed by atoms with Gasteiger partial charge in [0.15, 0.2) is 0 Å². The van der Waals surface area contributed by atoms with Gasteiger partial charge in [-0.3, -0.25) is 4.79 Å². The van der Waals surface area contributed by atoms with Crippen LogP contribution < -0.4 is 0 Å². The van der Waals surface area contributed by atoms with E-state index in [1.54, 1.807) is 6.08 Å². The van der Waals surface area contributed by atoms with E-state index in [1.807, 2.05) is 6.92 Å². The number of carbonyl (C=O) groups is 2. The zero-order valence-corrected chi connectivity index (χ0v) is 23.4. The monoisotopic (exact) mass is 516 g/mol. The van der Waals surface area contributed by atoms with Crippen molar-refractivity contribution in [3.05, 3.63) is 11.6 Å². The molecule has 0 aromatic heterocycles. The number of esters is 2. The van der Waals surface area contributed by atoms with Crippen molar-refractivity contribution in [3.8, 4) is 0 Å². The lowest BCUT2D eigenvalue weighted by molar-refractivity contribution is -0.292. The van der Waals surface area contributed by atoms with Crippen LogP contribution in [0, 0.1) is 34.0 Å². The zero-order valence-electron chi connectivity index (χ0n) is 23.4. The molecule has 1 aliphatic heterocycles. The number of cyclic esters (lactones) is 1. The highest BCUT2D eigenvalue weighted by atomic mass is 16.5. The molecule has 4 saturated carbocycles. The average Bonchev–Trinajstić information content (AvgIpc) is 3.48. The molecule has 0 radical (unpaired) electrons. The third kappa shape index (κ3) is 4.38. The summed E-state index contributed by atoms with van der Waals surface area (Å²) in [6, 6.07) is 0. The van der Waals surface area contributed by atoms with Gasteiger partial charge in [-0.05, 0) is 98.9 Å². The number of aliphatic hydroxyl groups excluding tert-OH is 1. The molecule has 5 aliphatic rings. The Morgan fingerprint density at radius 3 is 2.38 bits per heavy atom. The minimum absolute atomic E-state index is 0.131. The molecule has 6 heteroatoms. The molecule has 1 spiro atoms. The fraction of sp³-hybridized carbons (Fsp3) is 0.871. The molecule has 5 rings (SSSR count). The number of ether oxygens (including phenoxy) is 2. The first-order chi connectivity index (χ1) is 17.4. The first kappa shape index (κ1) is 27.2. The highest BCUT2D eigenvalue weighted by molar-refractivity contribution is 5.85. The van der Waals surface area contributed by atoms with E-state index in [0.29, 0.717) is 37.0 Å². The van der Waals surface area contributed by atoms with Gasteiger partial charge in [-0.2, -0.15) is 0 Å². The average molecular weight is 517 g/mol. The lowest BCUT2D eigenvalue weighted by Gasteiger charge is -2.68. The first-order valence-corrected chi connectivity index (χ1v) is 14.9. The van der Waals surface area contributed by atoms with Crippen LogP contribution in [0.1, 0.15) is 111 Å². The second kappa shape index (κ2) is 9.66. The van der Waals surface area contributed by atoms with Crippen molar-refractivity contribution in [2.75, 3.05) is 6.61 Å². The van der Waals surface area contributed by atoms with Gasteiger partial charge in [-0.25, -0.2) is 4.79 Å². The van der Waals surface area contributed by atoms with Gasteiger partial charge < -0.3 is 19.7 Å². The predicted molar refractivity (Wildman–Crippen MR) is 140 cm³/mol. The predicted octanol–water partition coefficient (Wildman–Crippen LogP) is 5.49. The van der Waals surface area contributed by atoms with Crippen LogP contribution in [-0.2, 0) is 19.1 Å². The third-order valence-corrected chi connectivity index (χ3v) is 12.2. The SMILES string of the molecule is CC(=O)O[C@@H]1C[C@@H](C)[C@](O)(CCC2=CC(=O)OC2)[C@]2(C)[C@@H]1[C@](C)(C1CCC3(CCCC3)CC1)CC[C@@H]2O. The Kier molecular flexibility index (Phi) is 7.09. The number of rotatable bonds is 5. The maximum Gasteiger partial charge on any atom is 0.331 e. The fourth-order valence-electron chi connectivity index (χ4n) is 10.1. The van der Waals surface area contributed by atoms with Crippen LogP contribution in [0.4, 0.5) is 0 Å². The van der Waals surface area contributed by atoms with Gasteiger partial charge in [0.1, 0.15) is 12.7 Å². The van der Waals surface area contributed by atoms with Crippen LogP contribution >= 0.6 is 0 Å². The van der Waals surface area contributed by atoms with Crippen LogP contribution in [-0.4, -0.2) is 46.6 Å². The third-order valence-electron chi connectivity index (χ3n) is 12.2. The topological polar surface area (TPSA) is 93.1 Å². The van der Waals surface area contributed by atoms with E-state index in [1.165, 1.54) is 58.3 Å². The van der Waals surface area contributed by atoms with E-state index < -0.39 is 17.1 Å². The first-order valence-electron chi connectivity index (χ1n) is 14.9. The Morgan fingerprint density at radius 1 is 1.11 bits per heavy atom. The van der Waals surface area contributed by atoms with Crippen molar-refractivity contribution in [2.45, 2.75) is 129 Å². The second-order valence-corrected chi connectivity index (χ2v) is 13.9. The van der Waals surface area contributed by atoms with E-state index in [0.717, 1.165) is 12.0 Å². The van der Waals surface area contributed by atoms with Crippen LogP contribution in [0.5, 0.6) is 0 Å². The summed E-state index contributed by atoms with van der Waals surface area (Å²) in [5.41, 5.74) is -0.674. The highest BCUT2D eigenvalue weighted by Gasteiger charge is 2.70. The molecule has 7 atom stereocenters. The summed E-state index contributed by atoms with van der Waals surface area (Å²) in [4.78, 5) is 24.0. The maximum absolute atomic E-state index is 12.6. The van der Waals surface area contributed by atoms with Crippen molar-refractivity contribution in [3.63, 3.8) is 0 Å². The fourth-order valence-corrected chi connectivity index (χ4v) is 10.1. The van der Waals surface area contributed by atoms with Gasteiger partial charge in [0, 0.05) is 24.3 Å². The largest absolute Gasteiger partial charge is 0.462 e. The quantitative estimate of drug-likeness (QED) is 0.470. The van der Waals surface area contributed by atoms with Crippen LogP contribution in [0.3, 0.4) is 0 Å². The Bertz CT molecular complexity index is 926. The molecule has 0 bridgehead atoms. The van der Waals surface area contributed by atoms with Gasteiger partial charge in [-0.1, -0.05) is 33.6 Å². The molecule has 37 heavy (non-hydrogen) atoms. The summed E-state index contributed by atoms with van der Waals surface area (Å²) in [5.74, 6) is -0.406. The molecule has 4 aliphatic carbocycles. The summed E-state index contributed by atoms with van der Waals surface area (Å²) < 4.78 is 11.2. The number of fused-ring (bicyclic) bond motifs is 1. The molecule has 6 nitrogen and oxygen atoms in total. The lowest BCUT2D eigenvalue weighted by atomic mass is 9.39. The smallest absolute Gasteiger partial charge is 0.331 e. The Hall–Kier alpha value is -1.40. The van der Waals surface area contributed by atoms with Crippen molar-refractivity contribution in [1.29, 1.82) is 0 Å². The number of carbonyl (C=O) groups excluding carboxylic acids is 2. The minimum atomic E-state index is -1.15.